The highest BCUT2D eigenvalue weighted by atomic mass is 16.3. The highest BCUT2D eigenvalue weighted by molar-refractivity contribution is 5.96. The van der Waals surface area contributed by atoms with E-state index in [1.165, 1.54) is 12.5 Å². The molecule has 2 N–H and O–H groups in total. The van der Waals surface area contributed by atoms with Crippen molar-refractivity contribution in [2.75, 3.05) is 5.32 Å². The van der Waals surface area contributed by atoms with Crippen LogP contribution in [0.25, 0.3) is 0 Å². The molecule has 0 unspecified atom stereocenters. The average molecular weight is 299 g/mol. The van der Waals surface area contributed by atoms with Crippen LogP contribution < -0.4 is 10.7 Å². The number of nitrogens with one attached hydrogen (secondary N) is 2. The van der Waals surface area contributed by atoms with E-state index in [9.17, 15) is 9.59 Å². The number of hydrazone groups is 1. The van der Waals surface area contributed by atoms with Gasteiger partial charge in [-0.15, -0.1) is 0 Å². The van der Waals surface area contributed by atoms with Gasteiger partial charge in [0.2, 0.25) is 5.91 Å². The lowest BCUT2D eigenvalue weighted by Gasteiger charge is -2.08. The van der Waals surface area contributed by atoms with Crippen LogP contribution in [-0.2, 0) is 4.79 Å². The number of hydrogen-bond donors (Lipinski definition) is 2. The van der Waals surface area contributed by atoms with E-state index in [1.54, 1.807) is 36.4 Å². The first-order valence-electron chi connectivity index (χ1n) is 6.84. The Morgan fingerprint density at radius 3 is 2.50 bits per heavy atom. The summed E-state index contributed by atoms with van der Waals surface area (Å²) in [5.41, 5.74) is 3.49. The molecular weight excluding hydrogens is 282 g/mol. The van der Waals surface area contributed by atoms with Gasteiger partial charge >= 0.3 is 0 Å². The van der Waals surface area contributed by atoms with E-state index in [0.29, 0.717) is 17.0 Å². The molecule has 0 spiro atoms. The van der Waals surface area contributed by atoms with Gasteiger partial charge < -0.3 is 9.73 Å². The van der Waals surface area contributed by atoms with Gasteiger partial charge in [-0.3, -0.25) is 9.59 Å². The van der Waals surface area contributed by atoms with Crippen LogP contribution in [0.5, 0.6) is 0 Å². The van der Waals surface area contributed by atoms with E-state index in [1.807, 2.05) is 13.8 Å². The standard InChI is InChI=1S/C16H17N3O3/c1-11(2)15(20)18-13-7-5-12(6-8-13)16(21)19-17-10-14-4-3-9-22-14/h3-11H,1-2H3,(H,18,20)(H,19,21). The molecule has 22 heavy (non-hydrogen) atoms. The lowest BCUT2D eigenvalue weighted by atomic mass is 10.1. The summed E-state index contributed by atoms with van der Waals surface area (Å²) in [6.45, 7) is 3.63. The van der Waals surface area contributed by atoms with E-state index < -0.39 is 0 Å². The largest absolute Gasteiger partial charge is 0.463 e. The second-order valence-electron chi connectivity index (χ2n) is 4.94. The maximum absolute atomic E-state index is 11.9. The molecule has 6 heteroatoms. The predicted octanol–water partition coefficient (Wildman–Crippen LogP) is 2.64. The van der Waals surface area contributed by atoms with Crippen LogP contribution in [0, 0.1) is 5.92 Å². The average Bonchev–Trinajstić information content (AvgIpc) is 3.01. The molecule has 0 bridgehead atoms. The van der Waals surface area contributed by atoms with Crippen LogP contribution in [0.15, 0.2) is 52.2 Å². The Morgan fingerprint density at radius 1 is 1.18 bits per heavy atom. The number of anilines is 1. The molecule has 0 saturated carbocycles. The molecule has 0 aliphatic heterocycles. The normalized spacial score (nSPS) is 10.9. The SMILES string of the molecule is CC(C)C(=O)Nc1ccc(C(=O)NN=Cc2ccco2)cc1. The fourth-order valence-electron chi connectivity index (χ4n) is 1.58. The maximum Gasteiger partial charge on any atom is 0.271 e. The molecule has 0 aliphatic carbocycles. The van der Waals surface area contributed by atoms with Gasteiger partial charge in [-0.25, -0.2) is 5.43 Å². The Bertz CT molecular complexity index is 658. The molecule has 2 aromatic rings. The summed E-state index contributed by atoms with van der Waals surface area (Å²) in [6.07, 6.45) is 2.93. The van der Waals surface area contributed by atoms with Gasteiger partial charge in [-0.2, -0.15) is 5.10 Å². The Morgan fingerprint density at radius 2 is 1.91 bits per heavy atom. The smallest absolute Gasteiger partial charge is 0.271 e. The van der Waals surface area contributed by atoms with E-state index in [2.05, 4.69) is 15.8 Å². The van der Waals surface area contributed by atoms with Gasteiger partial charge in [0, 0.05) is 17.2 Å². The molecule has 1 aromatic heterocycles. The van der Waals surface area contributed by atoms with E-state index in [4.69, 9.17) is 4.42 Å². The van der Waals surface area contributed by atoms with Gasteiger partial charge in [0.1, 0.15) is 5.76 Å². The molecule has 2 amide bonds. The Labute approximate surface area is 128 Å². The number of rotatable bonds is 5. The third kappa shape index (κ3) is 4.31. The lowest BCUT2D eigenvalue weighted by Crippen LogP contribution is -2.19. The minimum atomic E-state index is -0.343. The Hall–Kier alpha value is -2.89. The van der Waals surface area contributed by atoms with Gasteiger partial charge in [-0.05, 0) is 36.4 Å². The van der Waals surface area contributed by atoms with Crippen LogP contribution in [0.4, 0.5) is 5.69 Å². The van der Waals surface area contributed by atoms with Gasteiger partial charge in [0.15, 0.2) is 0 Å². The highest BCUT2D eigenvalue weighted by Gasteiger charge is 2.08. The zero-order chi connectivity index (χ0) is 15.9. The minimum Gasteiger partial charge on any atom is -0.463 e. The number of benzene rings is 1. The summed E-state index contributed by atoms with van der Waals surface area (Å²) in [5, 5.41) is 6.55. The fourth-order valence-corrected chi connectivity index (χ4v) is 1.58. The number of nitrogens with zero attached hydrogens (tertiary/aromatic N) is 1. The number of hydrogen-bond acceptors (Lipinski definition) is 4. The monoisotopic (exact) mass is 299 g/mol. The van der Waals surface area contributed by atoms with Crippen LogP contribution in [-0.4, -0.2) is 18.0 Å². The fraction of sp³-hybridized carbons (Fsp3) is 0.188. The van der Waals surface area contributed by atoms with Crippen molar-refractivity contribution in [2.45, 2.75) is 13.8 Å². The van der Waals surface area contributed by atoms with Crippen molar-refractivity contribution in [2.24, 2.45) is 11.0 Å². The van der Waals surface area contributed by atoms with Gasteiger partial charge in [0.25, 0.3) is 5.91 Å². The zero-order valence-electron chi connectivity index (χ0n) is 12.4. The topological polar surface area (TPSA) is 83.7 Å². The molecule has 2 rings (SSSR count). The highest BCUT2D eigenvalue weighted by Crippen LogP contribution is 2.11. The van der Waals surface area contributed by atoms with Crippen molar-refractivity contribution >= 4 is 23.7 Å². The molecule has 0 saturated heterocycles. The first kappa shape index (κ1) is 15.5. The predicted molar refractivity (Wildman–Crippen MR) is 83.7 cm³/mol. The van der Waals surface area contributed by atoms with Gasteiger partial charge in [-0.1, -0.05) is 13.8 Å². The quantitative estimate of drug-likeness (QED) is 0.657. The summed E-state index contributed by atoms with van der Waals surface area (Å²) in [6, 6.07) is 10.0. The molecule has 114 valence electrons. The molecule has 0 aliphatic rings. The van der Waals surface area contributed by atoms with Crippen LogP contribution in [0.3, 0.4) is 0 Å². The number of amides is 2. The van der Waals surface area contributed by atoms with E-state index >= 15 is 0 Å². The van der Waals surface area contributed by atoms with Crippen molar-refractivity contribution in [1.82, 2.24) is 5.43 Å². The Kier molecular flexibility index (Phi) is 5.08. The van der Waals surface area contributed by atoms with E-state index in [0.717, 1.165) is 0 Å². The minimum absolute atomic E-state index is 0.0692. The van der Waals surface area contributed by atoms with Crippen LogP contribution in [0.2, 0.25) is 0 Å². The molecule has 1 aromatic carbocycles. The van der Waals surface area contributed by atoms with Crippen molar-refractivity contribution in [3.63, 3.8) is 0 Å². The van der Waals surface area contributed by atoms with E-state index in [-0.39, 0.29) is 17.7 Å². The number of carbonyl (C=O) groups is 2. The third-order valence-corrected chi connectivity index (χ3v) is 2.84. The first-order valence-corrected chi connectivity index (χ1v) is 6.84. The molecule has 1 heterocycles. The summed E-state index contributed by atoms with van der Waals surface area (Å²) < 4.78 is 5.05. The van der Waals surface area contributed by atoms with Crippen LogP contribution in [0.1, 0.15) is 30.0 Å². The van der Waals surface area contributed by atoms with Crippen molar-refractivity contribution in [3.8, 4) is 0 Å². The maximum atomic E-state index is 11.9. The molecule has 6 nitrogen and oxygen atoms in total. The number of carbonyl (C=O) groups excluding carboxylic acids is 2. The Balaban J connectivity index is 1.92. The van der Waals surface area contributed by atoms with Crippen molar-refractivity contribution < 1.29 is 14.0 Å². The molecule has 0 radical (unpaired) electrons. The number of furan rings is 1. The second-order valence-corrected chi connectivity index (χ2v) is 4.94. The molecular formula is C16H17N3O3. The third-order valence-electron chi connectivity index (χ3n) is 2.84. The van der Waals surface area contributed by atoms with Gasteiger partial charge in [0.05, 0.1) is 12.5 Å². The first-order chi connectivity index (χ1) is 10.6. The lowest BCUT2D eigenvalue weighted by molar-refractivity contribution is -0.118. The van der Waals surface area contributed by atoms with Crippen LogP contribution >= 0.6 is 0 Å². The summed E-state index contributed by atoms with van der Waals surface area (Å²) in [7, 11) is 0. The molecule has 0 atom stereocenters. The second kappa shape index (κ2) is 7.21. The summed E-state index contributed by atoms with van der Waals surface area (Å²) in [5.74, 6) is 0.0377. The molecule has 0 fully saturated rings. The van der Waals surface area contributed by atoms with Crippen molar-refractivity contribution in [1.29, 1.82) is 0 Å². The summed E-state index contributed by atoms with van der Waals surface area (Å²) in [4.78, 5) is 23.4. The van der Waals surface area contributed by atoms with Crippen molar-refractivity contribution in [3.05, 3.63) is 54.0 Å². The zero-order valence-corrected chi connectivity index (χ0v) is 12.4. The summed E-state index contributed by atoms with van der Waals surface area (Å²) >= 11 is 0.